The third kappa shape index (κ3) is 4.09. The summed E-state index contributed by atoms with van der Waals surface area (Å²) in [6.07, 6.45) is 0.742. The fraction of sp³-hybridized carbons (Fsp3) is 0.200. The molecule has 0 saturated carbocycles. The molecule has 0 aliphatic heterocycles. The molecule has 110 valence electrons. The number of nitrogens with one attached hydrogen (secondary N) is 1. The van der Waals surface area contributed by atoms with Crippen molar-refractivity contribution in [2.24, 2.45) is 0 Å². The largest absolute Gasteiger partial charge is 0.385 e. The van der Waals surface area contributed by atoms with Crippen LogP contribution in [0.1, 0.15) is 11.1 Å². The summed E-state index contributed by atoms with van der Waals surface area (Å²) in [6.45, 7) is 2.40. The van der Waals surface area contributed by atoms with Gasteiger partial charge < -0.3 is 5.32 Å². The lowest BCUT2D eigenvalue weighted by Gasteiger charge is -2.09. The molecule has 0 aliphatic rings. The Morgan fingerprint density at radius 3 is 2.57 bits per heavy atom. The second-order valence-electron chi connectivity index (χ2n) is 4.67. The lowest BCUT2D eigenvalue weighted by atomic mass is 10.1. The molecule has 4 nitrogen and oxygen atoms in total. The quantitative estimate of drug-likeness (QED) is 0.630. The van der Waals surface area contributed by atoms with Crippen molar-refractivity contribution < 1.29 is 4.92 Å². The Morgan fingerprint density at radius 1 is 1.19 bits per heavy atom. The van der Waals surface area contributed by atoms with Gasteiger partial charge in [-0.05, 0) is 43.2 Å². The first-order valence-electron chi connectivity index (χ1n) is 6.40. The van der Waals surface area contributed by atoms with Crippen molar-refractivity contribution in [1.82, 2.24) is 0 Å². The maximum absolute atomic E-state index is 10.8. The Hall–Kier alpha value is -1.78. The van der Waals surface area contributed by atoms with Gasteiger partial charge in [-0.25, -0.2) is 0 Å². The van der Waals surface area contributed by atoms with Crippen molar-refractivity contribution in [2.45, 2.75) is 13.3 Å². The van der Waals surface area contributed by atoms with Gasteiger partial charge in [0.15, 0.2) is 0 Å². The summed E-state index contributed by atoms with van der Waals surface area (Å²) in [5.41, 5.74) is 2.62. The topological polar surface area (TPSA) is 55.2 Å². The summed E-state index contributed by atoms with van der Waals surface area (Å²) >= 11 is 12.0. The molecule has 6 heteroatoms. The van der Waals surface area contributed by atoms with Crippen LogP contribution in [0.4, 0.5) is 11.4 Å². The molecular weight excluding hydrogens is 311 g/mol. The Labute approximate surface area is 132 Å². The summed E-state index contributed by atoms with van der Waals surface area (Å²) in [5.74, 6) is 0. The van der Waals surface area contributed by atoms with Crippen molar-refractivity contribution in [2.75, 3.05) is 11.9 Å². The molecule has 0 aliphatic carbocycles. The lowest BCUT2D eigenvalue weighted by molar-refractivity contribution is -0.385. The average Bonchev–Trinajstić information content (AvgIpc) is 2.41. The van der Waals surface area contributed by atoms with E-state index in [2.05, 4.69) is 5.32 Å². The highest BCUT2D eigenvalue weighted by atomic mass is 35.5. The first-order chi connectivity index (χ1) is 9.97. The number of nitro groups is 1. The van der Waals surface area contributed by atoms with E-state index in [1.165, 1.54) is 6.07 Å². The number of hydrogen-bond donors (Lipinski definition) is 1. The van der Waals surface area contributed by atoms with Crippen LogP contribution in [0.5, 0.6) is 0 Å². The van der Waals surface area contributed by atoms with Crippen molar-refractivity contribution >= 4 is 34.6 Å². The van der Waals surface area contributed by atoms with Crippen LogP contribution in [-0.4, -0.2) is 11.5 Å². The van der Waals surface area contributed by atoms with Gasteiger partial charge in [-0.3, -0.25) is 10.1 Å². The Balaban J connectivity index is 1.97. The second kappa shape index (κ2) is 6.78. The molecule has 0 atom stereocenters. The highest BCUT2D eigenvalue weighted by Crippen LogP contribution is 2.23. The van der Waals surface area contributed by atoms with E-state index in [1.807, 2.05) is 6.07 Å². The van der Waals surface area contributed by atoms with Crippen molar-refractivity contribution in [3.63, 3.8) is 0 Å². The van der Waals surface area contributed by atoms with E-state index in [9.17, 15) is 10.1 Å². The van der Waals surface area contributed by atoms with Crippen molar-refractivity contribution in [3.05, 3.63) is 67.7 Å². The molecule has 0 bridgehead atoms. The maximum Gasteiger partial charge on any atom is 0.272 e. The molecule has 0 saturated heterocycles. The highest BCUT2D eigenvalue weighted by molar-refractivity contribution is 6.35. The molecule has 0 spiro atoms. The second-order valence-corrected chi connectivity index (χ2v) is 5.51. The van der Waals surface area contributed by atoms with Crippen LogP contribution in [0.25, 0.3) is 0 Å². The van der Waals surface area contributed by atoms with Crippen LogP contribution in [0.2, 0.25) is 10.0 Å². The number of halogens is 2. The van der Waals surface area contributed by atoms with Crippen molar-refractivity contribution in [3.8, 4) is 0 Å². The van der Waals surface area contributed by atoms with E-state index in [0.29, 0.717) is 22.2 Å². The predicted octanol–water partition coefficient (Wildman–Crippen LogP) is 4.86. The van der Waals surface area contributed by atoms with Crippen LogP contribution in [0.3, 0.4) is 0 Å². The van der Waals surface area contributed by atoms with Crippen LogP contribution >= 0.6 is 23.2 Å². The number of nitrogens with zero attached hydrogens (tertiary/aromatic N) is 1. The monoisotopic (exact) mass is 324 g/mol. The Kier molecular flexibility index (Phi) is 5.04. The fourth-order valence-electron chi connectivity index (χ4n) is 2.04. The molecule has 0 radical (unpaired) electrons. The molecule has 0 aromatic heterocycles. The summed E-state index contributed by atoms with van der Waals surface area (Å²) < 4.78 is 0. The molecule has 0 heterocycles. The Bertz CT molecular complexity index is 675. The summed E-state index contributed by atoms with van der Waals surface area (Å²) in [7, 11) is 0. The van der Waals surface area contributed by atoms with Crippen molar-refractivity contribution in [1.29, 1.82) is 0 Å². The normalized spacial score (nSPS) is 10.4. The number of hydrogen-bond acceptors (Lipinski definition) is 3. The van der Waals surface area contributed by atoms with Gasteiger partial charge in [0.05, 0.1) is 4.92 Å². The van der Waals surface area contributed by atoms with Gasteiger partial charge in [-0.2, -0.15) is 0 Å². The van der Waals surface area contributed by atoms with E-state index in [1.54, 1.807) is 31.2 Å². The minimum absolute atomic E-state index is 0.126. The molecule has 2 aromatic rings. The minimum atomic E-state index is -0.382. The molecule has 21 heavy (non-hydrogen) atoms. The molecule has 0 unspecified atom stereocenters. The fourth-order valence-corrected chi connectivity index (χ4v) is 2.54. The summed E-state index contributed by atoms with van der Waals surface area (Å²) in [5, 5.41) is 15.2. The maximum atomic E-state index is 10.8. The molecular formula is C15H14Cl2N2O2. The number of aryl methyl sites for hydroxylation is 1. The first kappa shape index (κ1) is 15.6. The standard InChI is InChI=1S/C15H14Cl2N2O2/c1-10-8-13(4-5-15(10)19(20)21)18-7-6-11-2-3-12(16)9-14(11)17/h2-5,8-9,18H,6-7H2,1H3. The van der Waals surface area contributed by atoms with Crippen LogP contribution in [-0.2, 0) is 6.42 Å². The number of rotatable bonds is 5. The van der Waals surface area contributed by atoms with Gasteiger partial charge in [0.25, 0.3) is 5.69 Å². The van der Waals surface area contributed by atoms with E-state index < -0.39 is 0 Å². The third-order valence-electron chi connectivity index (χ3n) is 3.13. The van der Waals surface area contributed by atoms with E-state index in [4.69, 9.17) is 23.2 Å². The van der Waals surface area contributed by atoms with Gasteiger partial charge in [0.2, 0.25) is 0 Å². The van der Waals surface area contributed by atoms with Crippen LogP contribution in [0, 0.1) is 17.0 Å². The molecule has 0 amide bonds. The van der Waals surface area contributed by atoms with Gasteiger partial charge in [0, 0.05) is 33.9 Å². The molecule has 1 N–H and O–H groups in total. The van der Waals surface area contributed by atoms with Gasteiger partial charge in [-0.1, -0.05) is 29.3 Å². The molecule has 2 aromatic carbocycles. The predicted molar refractivity (Wildman–Crippen MR) is 86.5 cm³/mol. The Morgan fingerprint density at radius 2 is 1.95 bits per heavy atom. The average molecular weight is 325 g/mol. The molecule has 0 fully saturated rings. The smallest absolute Gasteiger partial charge is 0.272 e. The van der Waals surface area contributed by atoms with Crippen LogP contribution < -0.4 is 5.32 Å². The zero-order chi connectivity index (χ0) is 15.4. The SMILES string of the molecule is Cc1cc(NCCc2ccc(Cl)cc2Cl)ccc1[N+](=O)[O-]. The zero-order valence-corrected chi connectivity index (χ0v) is 12.9. The van der Waals surface area contributed by atoms with E-state index in [-0.39, 0.29) is 10.6 Å². The lowest BCUT2D eigenvalue weighted by Crippen LogP contribution is -2.05. The van der Waals surface area contributed by atoms with Gasteiger partial charge in [-0.15, -0.1) is 0 Å². The number of nitro benzene ring substituents is 1. The van der Waals surface area contributed by atoms with E-state index >= 15 is 0 Å². The molecule has 2 rings (SSSR count). The summed E-state index contributed by atoms with van der Waals surface area (Å²) in [6, 6.07) is 10.4. The zero-order valence-electron chi connectivity index (χ0n) is 11.4. The highest BCUT2D eigenvalue weighted by Gasteiger charge is 2.09. The van der Waals surface area contributed by atoms with E-state index in [0.717, 1.165) is 17.7 Å². The number of benzene rings is 2. The van der Waals surface area contributed by atoms with Crippen LogP contribution in [0.15, 0.2) is 36.4 Å². The van der Waals surface area contributed by atoms with Gasteiger partial charge >= 0.3 is 0 Å². The third-order valence-corrected chi connectivity index (χ3v) is 3.72. The number of anilines is 1. The van der Waals surface area contributed by atoms with Gasteiger partial charge in [0.1, 0.15) is 0 Å². The summed E-state index contributed by atoms with van der Waals surface area (Å²) in [4.78, 5) is 10.4. The minimum Gasteiger partial charge on any atom is -0.385 e. The first-order valence-corrected chi connectivity index (χ1v) is 7.16.